The molecule has 0 aliphatic heterocycles. The van der Waals surface area contributed by atoms with E-state index in [1.165, 1.54) is 6.07 Å². The molecule has 0 fully saturated rings. The number of halogens is 2. The van der Waals surface area contributed by atoms with Crippen LogP contribution in [0.2, 0.25) is 0 Å². The van der Waals surface area contributed by atoms with Crippen molar-refractivity contribution in [2.45, 2.75) is 12.8 Å². The molecule has 0 saturated heterocycles. The monoisotopic (exact) mass is 209 g/mol. The summed E-state index contributed by atoms with van der Waals surface area (Å²) in [6.07, 6.45) is -2.44. The molecule has 6 heteroatoms. The number of nitriles is 2. The summed E-state index contributed by atoms with van der Waals surface area (Å²) in [5, 5.41) is 26.2. The first kappa shape index (κ1) is 10.9. The molecule has 0 aliphatic rings. The Kier molecular flexibility index (Phi) is 3.14. The van der Waals surface area contributed by atoms with Crippen LogP contribution in [-0.4, -0.2) is 10.1 Å². The third-order valence-corrected chi connectivity index (χ3v) is 1.79. The molecule has 0 spiro atoms. The van der Waals surface area contributed by atoms with Crippen LogP contribution < -0.4 is 0 Å². The Balaban J connectivity index is 3.47. The van der Waals surface area contributed by atoms with E-state index < -0.39 is 23.4 Å². The van der Waals surface area contributed by atoms with Gasteiger partial charge in [-0.25, -0.2) is 13.8 Å². The Morgan fingerprint density at radius 3 is 2.60 bits per heavy atom. The van der Waals surface area contributed by atoms with Crippen LogP contribution in [0.15, 0.2) is 6.20 Å². The van der Waals surface area contributed by atoms with Gasteiger partial charge < -0.3 is 5.11 Å². The topological polar surface area (TPSA) is 80.7 Å². The van der Waals surface area contributed by atoms with Gasteiger partial charge in [-0.3, -0.25) is 0 Å². The second-order valence-corrected chi connectivity index (χ2v) is 2.63. The molecule has 0 radical (unpaired) electrons. The van der Waals surface area contributed by atoms with Gasteiger partial charge in [-0.1, -0.05) is 0 Å². The number of nitrogens with zero attached hydrogens (tertiary/aromatic N) is 3. The number of alkyl halides is 2. The van der Waals surface area contributed by atoms with Crippen LogP contribution in [0, 0.1) is 22.7 Å². The van der Waals surface area contributed by atoms with Crippen molar-refractivity contribution in [3.8, 4) is 17.9 Å². The van der Waals surface area contributed by atoms with Gasteiger partial charge in [0.15, 0.2) is 0 Å². The molecule has 0 aliphatic carbocycles. The number of aromatic nitrogens is 1. The molecule has 4 nitrogen and oxygen atoms in total. The van der Waals surface area contributed by atoms with Gasteiger partial charge in [0.1, 0.15) is 17.5 Å². The number of rotatable bonds is 2. The Morgan fingerprint density at radius 2 is 2.13 bits per heavy atom. The van der Waals surface area contributed by atoms with Crippen molar-refractivity contribution < 1.29 is 13.9 Å². The van der Waals surface area contributed by atoms with Crippen molar-refractivity contribution in [3.05, 3.63) is 23.0 Å². The summed E-state index contributed by atoms with van der Waals surface area (Å²) in [6, 6.07) is 3.13. The van der Waals surface area contributed by atoms with Crippen LogP contribution in [0.5, 0.6) is 5.75 Å². The summed E-state index contributed by atoms with van der Waals surface area (Å²) >= 11 is 0. The quantitative estimate of drug-likeness (QED) is 0.803. The molecule has 0 amide bonds. The van der Waals surface area contributed by atoms with E-state index in [1.807, 2.05) is 0 Å². The standard InChI is InChI=1S/C9H5F2N3O/c10-9(11)8-5(1-2-12)7(15)4-14-6(8)3-13/h4,9,15H,1H2. The average molecular weight is 209 g/mol. The van der Waals surface area contributed by atoms with Crippen molar-refractivity contribution in [1.29, 1.82) is 10.5 Å². The fourth-order valence-corrected chi connectivity index (χ4v) is 1.14. The molecule has 1 heterocycles. The highest BCUT2D eigenvalue weighted by molar-refractivity contribution is 5.46. The minimum Gasteiger partial charge on any atom is -0.506 e. The van der Waals surface area contributed by atoms with Gasteiger partial charge in [0.05, 0.1) is 24.3 Å². The number of hydrogen-bond acceptors (Lipinski definition) is 4. The molecule has 0 atom stereocenters. The van der Waals surface area contributed by atoms with Crippen LogP contribution in [0.25, 0.3) is 0 Å². The lowest BCUT2D eigenvalue weighted by Crippen LogP contribution is -2.01. The lowest BCUT2D eigenvalue weighted by Gasteiger charge is -2.08. The Bertz CT molecular complexity index is 460. The molecular formula is C9H5F2N3O. The van der Waals surface area contributed by atoms with Crippen molar-refractivity contribution in [2.24, 2.45) is 0 Å². The fourth-order valence-electron chi connectivity index (χ4n) is 1.14. The van der Waals surface area contributed by atoms with Crippen LogP contribution in [0.4, 0.5) is 8.78 Å². The highest BCUT2D eigenvalue weighted by Crippen LogP contribution is 2.30. The summed E-state index contributed by atoms with van der Waals surface area (Å²) in [7, 11) is 0. The van der Waals surface area contributed by atoms with E-state index in [-0.39, 0.29) is 12.0 Å². The van der Waals surface area contributed by atoms with Crippen LogP contribution >= 0.6 is 0 Å². The number of pyridine rings is 1. The lowest BCUT2D eigenvalue weighted by molar-refractivity contribution is 0.149. The molecule has 0 unspecified atom stereocenters. The van der Waals surface area contributed by atoms with Crippen LogP contribution in [-0.2, 0) is 6.42 Å². The zero-order valence-corrected chi connectivity index (χ0v) is 7.41. The first-order valence-electron chi connectivity index (χ1n) is 3.87. The Morgan fingerprint density at radius 1 is 1.47 bits per heavy atom. The van der Waals surface area contributed by atoms with E-state index in [4.69, 9.17) is 10.5 Å². The highest BCUT2D eigenvalue weighted by atomic mass is 19.3. The van der Waals surface area contributed by atoms with Gasteiger partial charge in [-0.05, 0) is 0 Å². The summed E-state index contributed by atoms with van der Waals surface area (Å²) in [6.45, 7) is 0. The molecule has 1 rings (SSSR count). The highest BCUT2D eigenvalue weighted by Gasteiger charge is 2.21. The summed E-state index contributed by atoms with van der Waals surface area (Å²) in [5.74, 6) is -0.495. The first-order valence-corrected chi connectivity index (χ1v) is 3.87. The molecule has 1 N–H and O–H groups in total. The van der Waals surface area contributed by atoms with Gasteiger partial charge in [0.25, 0.3) is 6.43 Å². The zero-order chi connectivity index (χ0) is 11.4. The molecule has 76 valence electrons. The number of hydrogen-bond donors (Lipinski definition) is 1. The van der Waals surface area contributed by atoms with Crippen molar-refractivity contribution in [2.75, 3.05) is 0 Å². The molecule has 1 aromatic rings. The normalized spacial score (nSPS) is 9.67. The SMILES string of the molecule is N#CCc1c(O)cnc(C#N)c1C(F)F. The first-order chi connectivity index (χ1) is 7.11. The van der Waals surface area contributed by atoms with Crippen molar-refractivity contribution in [1.82, 2.24) is 4.98 Å². The predicted octanol–water partition coefficient (Wildman–Crippen LogP) is 1.66. The second kappa shape index (κ2) is 4.34. The van der Waals surface area contributed by atoms with Gasteiger partial charge in [0.2, 0.25) is 0 Å². The molecule has 0 aromatic carbocycles. The molecular weight excluding hydrogens is 204 g/mol. The Hall–Kier alpha value is -2.21. The maximum Gasteiger partial charge on any atom is 0.267 e. The molecule has 0 saturated carbocycles. The van der Waals surface area contributed by atoms with Crippen LogP contribution in [0.3, 0.4) is 0 Å². The summed E-state index contributed by atoms with van der Waals surface area (Å²) < 4.78 is 25.1. The third-order valence-electron chi connectivity index (χ3n) is 1.79. The average Bonchev–Trinajstić information content (AvgIpc) is 2.20. The minimum atomic E-state index is -2.94. The van der Waals surface area contributed by atoms with Crippen molar-refractivity contribution >= 4 is 0 Å². The Labute approximate surface area is 84.0 Å². The van der Waals surface area contributed by atoms with Gasteiger partial charge in [-0.2, -0.15) is 10.5 Å². The largest absolute Gasteiger partial charge is 0.506 e. The smallest absolute Gasteiger partial charge is 0.267 e. The summed E-state index contributed by atoms with van der Waals surface area (Å²) in [4.78, 5) is 3.36. The fraction of sp³-hybridized carbons (Fsp3) is 0.222. The molecule has 1 aromatic heterocycles. The van der Waals surface area contributed by atoms with Gasteiger partial charge >= 0.3 is 0 Å². The molecule has 15 heavy (non-hydrogen) atoms. The van der Waals surface area contributed by atoms with Crippen LogP contribution in [0.1, 0.15) is 23.2 Å². The van der Waals surface area contributed by atoms with Crippen molar-refractivity contribution in [3.63, 3.8) is 0 Å². The minimum absolute atomic E-state index is 0.237. The predicted molar refractivity (Wildman–Crippen MR) is 44.9 cm³/mol. The third kappa shape index (κ3) is 2.00. The van der Waals surface area contributed by atoms with E-state index in [2.05, 4.69) is 4.98 Å². The van der Waals surface area contributed by atoms with E-state index in [0.29, 0.717) is 0 Å². The van der Waals surface area contributed by atoms with E-state index in [1.54, 1.807) is 6.07 Å². The lowest BCUT2D eigenvalue weighted by atomic mass is 10.0. The van der Waals surface area contributed by atoms with Gasteiger partial charge in [-0.15, -0.1) is 0 Å². The summed E-state index contributed by atoms with van der Waals surface area (Å²) in [5.41, 5.74) is -1.37. The zero-order valence-electron chi connectivity index (χ0n) is 7.41. The van der Waals surface area contributed by atoms with E-state index in [0.717, 1.165) is 6.20 Å². The van der Waals surface area contributed by atoms with E-state index in [9.17, 15) is 13.9 Å². The molecule has 0 bridgehead atoms. The maximum atomic E-state index is 12.6. The number of aromatic hydroxyl groups is 1. The maximum absolute atomic E-state index is 12.6. The van der Waals surface area contributed by atoms with Gasteiger partial charge in [0, 0.05) is 5.56 Å². The second-order valence-electron chi connectivity index (χ2n) is 2.63. The van der Waals surface area contributed by atoms with E-state index >= 15 is 0 Å².